The number of hydrogen-bond acceptors (Lipinski definition) is 4. The van der Waals surface area contributed by atoms with Gasteiger partial charge in [0.05, 0.1) is 6.20 Å². The zero-order chi connectivity index (χ0) is 13.9. The second-order valence-corrected chi connectivity index (χ2v) is 4.20. The van der Waals surface area contributed by atoms with Gasteiger partial charge in [0.25, 0.3) is 5.95 Å². The molecule has 2 heterocycles. The van der Waals surface area contributed by atoms with Gasteiger partial charge >= 0.3 is 0 Å². The van der Waals surface area contributed by atoms with Gasteiger partial charge in [-0.3, -0.25) is 5.41 Å². The van der Waals surface area contributed by atoms with Gasteiger partial charge in [0.15, 0.2) is 0 Å². The van der Waals surface area contributed by atoms with Crippen LogP contribution in [0, 0.1) is 5.41 Å². The second kappa shape index (κ2) is 4.93. The fraction of sp³-hybridized carbons (Fsp3) is 0. The van der Waals surface area contributed by atoms with Gasteiger partial charge in [-0.1, -0.05) is 30.3 Å². The highest BCUT2D eigenvalue weighted by molar-refractivity contribution is 5.92. The van der Waals surface area contributed by atoms with Crippen molar-refractivity contribution in [1.29, 1.82) is 5.41 Å². The van der Waals surface area contributed by atoms with Crippen molar-refractivity contribution in [3.8, 4) is 17.1 Å². The number of rotatable bonds is 3. The van der Waals surface area contributed by atoms with Crippen LogP contribution in [0.15, 0.2) is 55.0 Å². The highest BCUT2D eigenvalue weighted by Crippen LogP contribution is 2.18. The molecule has 3 N–H and O–H groups in total. The molecule has 0 aliphatic heterocycles. The van der Waals surface area contributed by atoms with Crippen molar-refractivity contribution in [1.82, 2.24) is 19.7 Å². The minimum atomic E-state index is -0.0934. The number of benzene rings is 1. The van der Waals surface area contributed by atoms with Gasteiger partial charge in [-0.2, -0.15) is 5.10 Å². The molecule has 0 fully saturated rings. The SMILES string of the molecule is N=C(N)c1ccnc(-n2cc(-c3ccccc3)cn2)n1. The first-order chi connectivity index (χ1) is 9.74. The Balaban J connectivity index is 1.98. The fourth-order valence-electron chi connectivity index (χ4n) is 1.82. The Morgan fingerprint density at radius 2 is 1.90 bits per heavy atom. The summed E-state index contributed by atoms with van der Waals surface area (Å²) in [4.78, 5) is 8.33. The van der Waals surface area contributed by atoms with E-state index in [-0.39, 0.29) is 5.84 Å². The van der Waals surface area contributed by atoms with Crippen LogP contribution in [0.2, 0.25) is 0 Å². The Bertz CT molecular complexity index is 747. The zero-order valence-electron chi connectivity index (χ0n) is 10.6. The zero-order valence-corrected chi connectivity index (χ0v) is 10.6. The van der Waals surface area contributed by atoms with Gasteiger partial charge < -0.3 is 5.73 Å². The maximum Gasteiger partial charge on any atom is 0.251 e. The van der Waals surface area contributed by atoms with E-state index in [1.54, 1.807) is 23.1 Å². The quantitative estimate of drug-likeness (QED) is 0.555. The number of nitrogens with one attached hydrogen (secondary N) is 1. The van der Waals surface area contributed by atoms with E-state index >= 15 is 0 Å². The molecule has 3 aromatic rings. The van der Waals surface area contributed by atoms with Crippen molar-refractivity contribution in [3.63, 3.8) is 0 Å². The summed E-state index contributed by atoms with van der Waals surface area (Å²) >= 11 is 0. The first-order valence-electron chi connectivity index (χ1n) is 6.02. The van der Waals surface area contributed by atoms with Crippen LogP contribution in [0.5, 0.6) is 0 Å². The average Bonchev–Trinajstić information content (AvgIpc) is 2.98. The number of hydrogen-bond donors (Lipinski definition) is 2. The van der Waals surface area contributed by atoms with E-state index < -0.39 is 0 Å². The summed E-state index contributed by atoms with van der Waals surface area (Å²) in [5, 5.41) is 11.6. The molecule has 0 bridgehead atoms. The number of nitrogens with two attached hydrogens (primary N) is 1. The third-order valence-electron chi connectivity index (χ3n) is 2.81. The van der Waals surface area contributed by atoms with Gasteiger partial charge in [0.1, 0.15) is 11.5 Å². The highest BCUT2D eigenvalue weighted by atomic mass is 15.3. The minimum absolute atomic E-state index is 0.0934. The summed E-state index contributed by atoms with van der Waals surface area (Å²) in [6.45, 7) is 0. The maximum absolute atomic E-state index is 7.39. The predicted molar refractivity (Wildman–Crippen MR) is 75.6 cm³/mol. The topological polar surface area (TPSA) is 93.5 Å². The van der Waals surface area contributed by atoms with E-state index in [1.165, 1.54) is 0 Å². The fourth-order valence-corrected chi connectivity index (χ4v) is 1.82. The molecule has 0 radical (unpaired) electrons. The summed E-state index contributed by atoms with van der Waals surface area (Å²) in [7, 11) is 0. The van der Waals surface area contributed by atoms with E-state index in [2.05, 4.69) is 15.1 Å². The van der Waals surface area contributed by atoms with Crippen molar-refractivity contribution >= 4 is 5.84 Å². The number of aromatic nitrogens is 4. The molecule has 98 valence electrons. The lowest BCUT2D eigenvalue weighted by Gasteiger charge is -2.01. The molecule has 0 unspecified atom stereocenters. The Kier molecular flexibility index (Phi) is 2.96. The third-order valence-corrected chi connectivity index (χ3v) is 2.81. The normalized spacial score (nSPS) is 10.4. The summed E-state index contributed by atoms with van der Waals surface area (Å²) in [6.07, 6.45) is 5.15. The summed E-state index contributed by atoms with van der Waals surface area (Å²) in [6, 6.07) is 11.5. The predicted octanol–water partition coefficient (Wildman–Crippen LogP) is 1.61. The van der Waals surface area contributed by atoms with E-state index in [1.807, 2.05) is 36.5 Å². The van der Waals surface area contributed by atoms with E-state index in [0.717, 1.165) is 11.1 Å². The Morgan fingerprint density at radius 1 is 1.10 bits per heavy atom. The molecule has 0 aliphatic carbocycles. The molecule has 6 nitrogen and oxygen atoms in total. The van der Waals surface area contributed by atoms with Crippen LogP contribution in [0.4, 0.5) is 0 Å². The molecule has 0 saturated heterocycles. The van der Waals surface area contributed by atoms with E-state index in [0.29, 0.717) is 11.6 Å². The molecule has 3 rings (SSSR count). The lowest BCUT2D eigenvalue weighted by Crippen LogP contribution is -2.15. The molecule has 0 atom stereocenters. The van der Waals surface area contributed by atoms with Crippen molar-refractivity contribution in [3.05, 3.63) is 60.7 Å². The monoisotopic (exact) mass is 264 g/mol. The molecule has 0 saturated carbocycles. The average molecular weight is 264 g/mol. The molecule has 0 aliphatic rings. The molecule has 2 aromatic heterocycles. The van der Waals surface area contributed by atoms with Gasteiger partial charge in [-0.05, 0) is 11.6 Å². The van der Waals surface area contributed by atoms with Crippen LogP contribution in [-0.4, -0.2) is 25.6 Å². The van der Waals surface area contributed by atoms with Crippen LogP contribution < -0.4 is 5.73 Å². The number of nitrogen functional groups attached to an aromatic ring is 1. The Labute approximate surface area is 115 Å². The van der Waals surface area contributed by atoms with Gasteiger partial charge in [0.2, 0.25) is 0 Å². The molecular weight excluding hydrogens is 252 g/mol. The molecule has 0 spiro atoms. The molecule has 1 aromatic carbocycles. The van der Waals surface area contributed by atoms with Gasteiger partial charge in [-0.25, -0.2) is 14.6 Å². The van der Waals surface area contributed by atoms with Crippen LogP contribution in [-0.2, 0) is 0 Å². The maximum atomic E-state index is 7.39. The van der Waals surface area contributed by atoms with Crippen molar-refractivity contribution in [2.45, 2.75) is 0 Å². The molecular formula is C14H12N6. The lowest BCUT2D eigenvalue weighted by atomic mass is 10.1. The smallest absolute Gasteiger partial charge is 0.251 e. The van der Waals surface area contributed by atoms with Gasteiger partial charge in [-0.15, -0.1) is 0 Å². The largest absolute Gasteiger partial charge is 0.382 e. The van der Waals surface area contributed by atoms with Crippen molar-refractivity contribution in [2.24, 2.45) is 5.73 Å². The number of amidine groups is 1. The van der Waals surface area contributed by atoms with Crippen LogP contribution in [0.1, 0.15) is 5.69 Å². The Hall–Kier alpha value is -3.02. The number of nitrogens with zero attached hydrogens (tertiary/aromatic N) is 4. The van der Waals surface area contributed by atoms with E-state index in [9.17, 15) is 0 Å². The molecule has 6 heteroatoms. The van der Waals surface area contributed by atoms with Gasteiger partial charge in [0, 0.05) is 18.0 Å². The summed E-state index contributed by atoms with van der Waals surface area (Å²) < 4.78 is 1.56. The van der Waals surface area contributed by atoms with Crippen LogP contribution in [0.3, 0.4) is 0 Å². The van der Waals surface area contributed by atoms with Crippen molar-refractivity contribution in [2.75, 3.05) is 0 Å². The first-order valence-corrected chi connectivity index (χ1v) is 6.02. The molecule has 20 heavy (non-hydrogen) atoms. The van der Waals surface area contributed by atoms with Crippen molar-refractivity contribution < 1.29 is 0 Å². The minimum Gasteiger partial charge on any atom is -0.382 e. The first kappa shape index (κ1) is 12.0. The standard InChI is InChI=1S/C14H12N6/c15-13(16)12-6-7-17-14(19-12)20-9-11(8-18-20)10-4-2-1-3-5-10/h1-9H,(H3,15,16). The summed E-state index contributed by atoms with van der Waals surface area (Å²) in [5.74, 6) is 0.295. The molecule has 0 amide bonds. The third kappa shape index (κ3) is 2.26. The second-order valence-electron chi connectivity index (χ2n) is 4.20. The lowest BCUT2D eigenvalue weighted by molar-refractivity contribution is 0.806. The highest BCUT2D eigenvalue weighted by Gasteiger charge is 2.07. The Morgan fingerprint density at radius 3 is 2.65 bits per heavy atom. The summed E-state index contributed by atoms with van der Waals surface area (Å²) in [5.41, 5.74) is 7.85. The van der Waals surface area contributed by atoms with Crippen LogP contribution >= 0.6 is 0 Å². The van der Waals surface area contributed by atoms with E-state index in [4.69, 9.17) is 11.1 Å². The van der Waals surface area contributed by atoms with Crippen LogP contribution in [0.25, 0.3) is 17.1 Å².